The number of hydrogen-bond acceptors (Lipinski definition) is 4. The molecule has 1 heterocycles. The number of benzene rings is 1. The van der Waals surface area contributed by atoms with Crippen LogP contribution in [0.25, 0.3) is 0 Å². The van der Waals surface area contributed by atoms with Gasteiger partial charge in [-0.2, -0.15) is 0 Å². The number of ether oxygens (including phenoxy) is 2. The lowest BCUT2D eigenvalue weighted by Gasteiger charge is -2.26. The maximum Gasteiger partial charge on any atom is 0.410 e. The van der Waals surface area contributed by atoms with Crippen molar-refractivity contribution in [2.24, 2.45) is 0 Å². The Bertz CT molecular complexity index is 568. The summed E-state index contributed by atoms with van der Waals surface area (Å²) >= 11 is 0. The van der Waals surface area contributed by atoms with E-state index in [1.807, 2.05) is 51.1 Å². The predicted octanol–water partition coefficient (Wildman–Crippen LogP) is 3.26. The fourth-order valence-corrected chi connectivity index (χ4v) is 2.52. The number of rotatable bonds is 3. The molecule has 0 bridgehead atoms. The first-order valence-corrected chi connectivity index (χ1v) is 8.18. The lowest BCUT2D eigenvalue weighted by atomic mass is 10.2. The van der Waals surface area contributed by atoms with Gasteiger partial charge in [-0.05, 0) is 32.8 Å². The van der Waals surface area contributed by atoms with Crippen molar-refractivity contribution in [2.75, 3.05) is 20.1 Å². The van der Waals surface area contributed by atoms with Gasteiger partial charge in [0, 0.05) is 20.1 Å². The van der Waals surface area contributed by atoms with Gasteiger partial charge < -0.3 is 19.3 Å². The average Bonchev–Trinajstić information content (AvgIpc) is 3.01. The van der Waals surface area contributed by atoms with Gasteiger partial charge in [-0.3, -0.25) is 0 Å². The summed E-state index contributed by atoms with van der Waals surface area (Å²) in [6, 6.07) is 9.49. The van der Waals surface area contributed by atoms with Crippen molar-refractivity contribution in [3.63, 3.8) is 0 Å². The molecule has 6 heteroatoms. The zero-order valence-electron chi connectivity index (χ0n) is 14.8. The van der Waals surface area contributed by atoms with Gasteiger partial charge in [-0.15, -0.1) is 0 Å². The summed E-state index contributed by atoms with van der Waals surface area (Å²) in [6.07, 6.45) is 0.00171. The van der Waals surface area contributed by atoms with Crippen molar-refractivity contribution < 1.29 is 19.1 Å². The molecule has 1 atom stereocenters. The molecule has 1 fully saturated rings. The molecule has 2 rings (SSSR count). The van der Waals surface area contributed by atoms with Gasteiger partial charge in [0.05, 0.1) is 6.04 Å². The van der Waals surface area contributed by atoms with E-state index in [0.717, 1.165) is 12.0 Å². The minimum Gasteiger partial charge on any atom is -0.445 e. The molecule has 1 saturated heterocycles. The molecule has 0 radical (unpaired) electrons. The van der Waals surface area contributed by atoms with Crippen LogP contribution in [0, 0.1) is 0 Å². The third kappa shape index (κ3) is 5.15. The third-order valence-electron chi connectivity index (χ3n) is 3.86. The molecular formula is C18H26N2O4. The number of amides is 2. The van der Waals surface area contributed by atoms with E-state index in [0.29, 0.717) is 13.1 Å². The van der Waals surface area contributed by atoms with Crippen molar-refractivity contribution in [1.82, 2.24) is 9.80 Å². The molecule has 6 nitrogen and oxygen atoms in total. The monoisotopic (exact) mass is 334 g/mol. The van der Waals surface area contributed by atoms with Crippen molar-refractivity contribution in [2.45, 2.75) is 45.4 Å². The van der Waals surface area contributed by atoms with Crippen LogP contribution >= 0.6 is 0 Å². The predicted molar refractivity (Wildman–Crippen MR) is 90.6 cm³/mol. The van der Waals surface area contributed by atoms with E-state index < -0.39 is 5.60 Å². The van der Waals surface area contributed by atoms with Crippen LogP contribution in [0.4, 0.5) is 9.59 Å². The van der Waals surface area contributed by atoms with E-state index in [1.54, 1.807) is 16.8 Å². The Kier molecular flexibility index (Phi) is 5.70. The van der Waals surface area contributed by atoms with Gasteiger partial charge in [0.2, 0.25) is 0 Å². The molecule has 1 aromatic rings. The lowest BCUT2D eigenvalue weighted by Crippen LogP contribution is -2.41. The number of nitrogens with zero attached hydrogens (tertiary/aromatic N) is 2. The second-order valence-electron chi connectivity index (χ2n) is 7.02. The molecule has 0 unspecified atom stereocenters. The summed E-state index contributed by atoms with van der Waals surface area (Å²) in [5.41, 5.74) is 0.427. The quantitative estimate of drug-likeness (QED) is 0.851. The number of likely N-dealkylation sites (N-methyl/N-ethyl adjacent to an activating group) is 1. The molecule has 1 aromatic carbocycles. The highest BCUT2D eigenvalue weighted by Gasteiger charge is 2.33. The normalized spacial score (nSPS) is 17.5. The Hall–Kier alpha value is -2.24. The molecule has 0 N–H and O–H groups in total. The average molecular weight is 334 g/mol. The van der Waals surface area contributed by atoms with Crippen molar-refractivity contribution in [3.05, 3.63) is 35.9 Å². The van der Waals surface area contributed by atoms with Gasteiger partial charge in [0.25, 0.3) is 0 Å². The first-order valence-electron chi connectivity index (χ1n) is 8.18. The second kappa shape index (κ2) is 7.55. The highest BCUT2D eigenvalue weighted by Crippen LogP contribution is 2.19. The molecule has 1 aliphatic rings. The number of hydrogen-bond donors (Lipinski definition) is 0. The zero-order chi connectivity index (χ0) is 17.7. The fraction of sp³-hybridized carbons (Fsp3) is 0.556. The van der Waals surface area contributed by atoms with Crippen molar-refractivity contribution in [3.8, 4) is 0 Å². The van der Waals surface area contributed by atoms with Gasteiger partial charge in [-0.1, -0.05) is 30.3 Å². The summed E-state index contributed by atoms with van der Waals surface area (Å²) in [5, 5.41) is 0. The molecule has 132 valence electrons. The number of likely N-dealkylation sites (tertiary alicyclic amines) is 1. The highest BCUT2D eigenvalue weighted by atomic mass is 16.6. The van der Waals surface area contributed by atoms with E-state index >= 15 is 0 Å². The maximum absolute atomic E-state index is 12.2. The van der Waals surface area contributed by atoms with Crippen LogP contribution in [0.3, 0.4) is 0 Å². The van der Waals surface area contributed by atoms with Crippen LogP contribution in [-0.2, 0) is 16.1 Å². The molecule has 0 saturated carbocycles. The van der Waals surface area contributed by atoms with E-state index in [-0.39, 0.29) is 24.8 Å². The summed E-state index contributed by atoms with van der Waals surface area (Å²) in [7, 11) is 1.70. The Labute approximate surface area is 143 Å². The smallest absolute Gasteiger partial charge is 0.410 e. The van der Waals surface area contributed by atoms with Crippen molar-refractivity contribution >= 4 is 12.2 Å². The minimum atomic E-state index is -0.518. The second-order valence-corrected chi connectivity index (χ2v) is 7.02. The largest absolute Gasteiger partial charge is 0.445 e. The third-order valence-corrected chi connectivity index (χ3v) is 3.86. The standard InChI is InChI=1S/C18H26N2O4/c1-18(2,3)24-17(22)20-11-10-15(12-20)19(4)16(21)23-13-14-8-6-5-7-9-14/h5-9,15H,10-13H2,1-4H3/t15-/m1/s1. The Morgan fingerprint density at radius 1 is 1.25 bits per heavy atom. The van der Waals surface area contributed by atoms with Crippen LogP contribution in [-0.4, -0.2) is 53.8 Å². The number of carbonyl (C=O) groups is 2. The Balaban J connectivity index is 1.81. The SMILES string of the molecule is CN(C(=O)OCc1ccccc1)[C@@H]1CCN(C(=O)OC(C)(C)C)C1. The van der Waals surface area contributed by atoms with E-state index in [1.165, 1.54) is 0 Å². The summed E-state index contributed by atoms with van der Waals surface area (Å²) < 4.78 is 10.7. The van der Waals surface area contributed by atoms with Crippen LogP contribution in [0.1, 0.15) is 32.8 Å². The molecule has 24 heavy (non-hydrogen) atoms. The minimum absolute atomic E-state index is 0.0548. The Morgan fingerprint density at radius 3 is 2.54 bits per heavy atom. The molecule has 0 spiro atoms. The first kappa shape index (κ1) is 18.1. The topological polar surface area (TPSA) is 59.1 Å². The molecule has 0 aliphatic carbocycles. The van der Waals surface area contributed by atoms with Gasteiger partial charge in [0.1, 0.15) is 12.2 Å². The van der Waals surface area contributed by atoms with Gasteiger partial charge >= 0.3 is 12.2 Å². The molecule has 1 aliphatic heterocycles. The Morgan fingerprint density at radius 2 is 1.92 bits per heavy atom. The maximum atomic E-state index is 12.2. The van der Waals surface area contributed by atoms with E-state index in [9.17, 15) is 9.59 Å². The first-order chi connectivity index (χ1) is 11.3. The van der Waals surface area contributed by atoms with Crippen LogP contribution in [0.15, 0.2) is 30.3 Å². The summed E-state index contributed by atoms with van der Waals surface area (Å²) in [5.74, 6) is 0. The van der Waals surface area contributed by atoms with Gasteiger partial charge in [-0.25, -0.2) is 9.59 Å². The van der Waals surface area contributed by atoms with E-state index in [4.69, 9.17) is 9.47 Å². The van der Waals surface area contributed by atoms with Crippen molar-refractivity contribution in [1.29, 1.82) is 0 Å². The van der Waals surface area contributed by atoms with Crippen LogP contribution in [0.5, 0.6) is 0 Å². The van der Waals surface area contributed by atoms with Gasteiger partial charge in [0.15, 0.2) is 0 Å². The molecular weight excluding hydrogens is 308 g/mol. The lowest BCUT2D eigenvalue weighted by molar-refractivity contribution is 0.0278. The number of carbonyl (C=O) groups excluding carboxylic acids is 2. The van der Waals surface area contributed by atoms with E-state index in [2.05, 4.69) is 0 Å². The van der Waals surface area contributed by atoms with Crippen LogP contribution < -0.4 is 0 Å². The fourth-order valence-electron chi connectivity index (χ4n) is 2.52. The van der Waals surface area contributed by atoms with Crippen LogP contribution in [0.2, 0.25) is 0 Å². The highest BCUT2D eigenvalue weighted by molar-refractivity contribution is 5.70. The molecule has 0 aromatic heterocycles. The summed E-state index contributed by atoms with van der Waals surface area (Å²) in [4.78, 5) is 27.5. The zero-order valence-corrected chi connectivity index (χ0v) is 14.8. The molecule has 2 amide bonds. The summed E-state index contributed by atoms with van der Waals surface area (Å²) in [6.45, 7) is 6.80.